The maximum absolute atomic E-state index is 12.3. The number of morpholine rings is 1. The van der Waals surface area contributed by atoms with E-state index in [4.69, 9.17) is 4.74 Å². The molecule has 0 radical (unpaired) electrons. The fraction of sp³-hybridized carbons (Fsp3) is 0.312. The highest BCUT2D eigenvalue weighted by Crippen LogP contribution is 2.21. The summed E-state index contributed by atoms with van der Waals surface area (Å²) in [6.45, 7) is 1.54. The van der Waals surface area contributed by atoms with Crippen LogP contribution >= 0.6 is 0 Å². The quantitative estimate of drug-likeness (QED) is 0.859. The van der Waals surface area contributed by atoms with Gasteiger partial charge in [-0.05, 0) is 17.7 Å². The summed E-state index contributed by atoms with van der Waals surface area (Å²) in [5.74, 6) is -0.0202. The summed E-state index contributed by atoms with van der Waals surface area (Å²) in [7, 11) is 1.85. The molecule has 0 aromatic carbocycles. The molecule has 2 aromatic heterocycles. The Balaban J connectivity index is 1.65. The monoisotopic (exact) mass is 314 g/mol. The summed E-state index contributed by atoms with van der Waals surface area (Å²) >= 11 is 0. The van der Waals surface area contributed by atoms with Gasteiger partial charge in [0.05, 0.1) is 25.5 Å². The number of carbonyl (C=O) groups excluding carboxylic acids is 1. The molecule has 1 amide bonds. The maximum atomic E-state index is 12.3. The molecule has 3 heterocycles. The molecule has 1 atom stereocenters. The van der Waals surface area contributed by atoms with Crippen molar-refractivity contribution in [3.05, 3.63) is 48.1 Å². The molecule has 1 fully saturated rings. The third kappa shape index (κ3) is 3.75. The molecule has 1 saturated heterocycles. The highest BCUT2D eigenvalue weighted by molar-refractivity contribution is 5.91. The zero-order valence-electron chi connectivity index (χ0n) is 12.8. The van der Waals surface area contributed by atoms with Crippen molar-refractivity contribution < 1.29 is 14.6 Å². The molecule has 3 rings (SSSR count). The molecule has 23 heavy (non-hydrogen) atoms. The van der Waals surface area contributed by atoms with E-state index in [0.29, 0.717) is 25.3 Å². The van der Waals surface area contributed by atoms with Gasteiger partial charge in [-0.25, -0.2) is 0 Å². The van der Waals surface area contributed by atoms with Crippen molar-refractivity contribution in [3.8, 4) is 5.75 Å². The summed E-state index contributed by atoms with van der Waals surface area (Å²) in [6, 6.07) is 1.55. The Kier molecular flexibility index (Phi) is 4.38. The van der Waals surface area contributed by atoms with E-state index in [1.807, 2.05) is 13.2 Å². The first kappa shape index (κ1) is 15.2. The topological polar surface area (TPSA) is 80.5 Å². The van der Waals surface area contributed by atoms with Crippen LogP contribution in [-0.4, -0.2) is 50.4 Å². The number of aromatic hydroxyl groups is 1. The SMILES string of the molecule is Cn1cc(C2CN(C(=O)/C=C/c3cncc(O)c3)CCO2)cn1. The number of ether oxygens (including phenoxy) is 1. The molecule has 120 valence electrons. The van der Waals surface area contributed by atoms with E-state index in [0.717, 1.165) is 5.56 Å². The van der Waals surface area contributed by atoms with E-state index < -0.39 is 0 Å². The van der Waals surface area contributed by atoms with Gasteiger partial charge in [-0.1, -0.05) is 0 Å². The van der Waals surface area contributed by atoms with Crippen LogP contribution in [-0.2, 0) is 16.6 Å². The molecule has 1 unspecified atom stereocenters. The van der Waals surface area contributed by atoms with Crippen LogP contribution in [0.3, 0.4) is 0 Å². The Hall–Kier alpha value is -2.67. The van der Waals surface area contributed by atoms with E-state index in [9.17, 15) is 9.90 Å². The number of aromatic nitrogens is 3. The predicted molar refractivity (Wildman–Crippen MR) is 83.4 cm³/mol. The van der Waals surface area contributed by atoms with Gasteiger partial charge >= 0.3 is 0 Å². The van der Waals surface area contributed by atoms with E-state index in [1.165, 1.54) is 12.3 Å². The lowest BCUT2D eigenvalue weighted by Gasteiger charge is -2.31. The molecule has 0 aliphatic carbocycles. The summed E-state index contributed by atoms with van der Waals surface area (Å²) in [4.78, 5) is 17.9. The van der Waals surface area contributed by atoms with Crippen LogP contribution < -0.4 is 0 Å². The van der Waals surface area contributed by atoms with Crippen LogP contribution in [0.15, 0.2) is 36.9 Å². The van der Waals surface area contributed by atoms with Gasteiger partial charge in [-0.15, -0.1) is 0 Å². The Morgan fingerprint density at radius 1 is 1.43 bits per heavy atom. The van der Waals surface area contributed by atoms with Crippen LogP contribution in [0, 0.1) is 0 Å². The Bertz CT molecular complexity index is 726. The van der Waals surface area contributed by atoms with E-state index in [1.54, 1.807) is 34.1 Å². The third-order valence-corrected chi connectivity index (χ3v) is 3.64. The summed E-state index contributed by atoms with van der Waals surface area (Å²) in [6.07, 6.45) is 9.56. The maximum Gasteiger partial charge on any atom is 0.246 e. The lowest BCUT2D eigenvalue weighted by atomic mass is 10.1. The molecule has 1 N–H and O–H groups in total. The van der Waals surface area contributed by atoms with Crippen LogP contribution in [0.5, 0.6) is 5.75 Å². The standard InChI is InChI=1S/C16H18N4O3/c1-19-10-13(8-18-19)15-11-20(4-5-23-15)16(22)3-2-12-6-14(21)9-17-7-12/h2-3,6-10,15,21H,4-5,11H2,1H3/b3-2+. The first-order chi connectivity index (χ1) is 11.1. The van der Waals surface area contributed by atoms with Crippen molar-refractivity contribution >= 4 is 12.0 Å². The number of amides is 1. The fourth-order valence-corrected chi connectivity index (χ4v) is 2.47. The molecule has 1 aliphatic heterocycles. The first-order valence-electron chi connectivity index (χ1n) is 7.33. The van der Waals surface area contributed by atoms with Gasteiger partial charge in [0.15, 0.2) is 0 Å². The number of nitrogens with zero attached hydrogens (tertiary/aromatic N) is 4. The number of pyridine rings is 1. The molecular weight excluding hydrogens is 296 g/mol. The zero-order chi connectivity index (χ0) is 16.2. The van der Waals surface area contributed by atoms with Crippen LogP contribution in [0.4, 0.5) is 0 Å². The van der Waals surface area contributed by atoms with Crippen molar-refractivity contribution in [2.45, 2.75) is 6.10 Å². The minimum absolute atomic E-state index is 0.0719. The van der Waals surface area contributed by atoms with Crippen LogP contribution in [0.25, 0.3) is 6.08 Å². The fourth-order valence-electron chi connectivity index (χ4n) is 2.47. The number of rotatable bonds is 3. The summed E-state index contributed by atoms with van der Waals surface area (Å²) < 4.78 is 7.44. The molecule has 0 bridgehead atoms. The van der Waals surface area contributed by atoms with Gasteiger partial charge in [-0.3, -0.25) is 14.5 Å². The largest absolute Gasteiger partial charge is 0.506 e. The van der Waals surface area contributed by atoms with E-state index in [-0.39, 0.29) is 17.8 Å². The average molecular weight is 314 g/mol. The molecule has 7 heteroatoms. The van der Waals surface area contributed by atoms with Crippen molar-refractivity contribution in [2.75, 3.05) is 19.7 Å². The van der Waals surface area contributed by atoms with Gasteiger partial charge in [0.25, 0.3) is 0 Å². The van der Waals surface area contributed by atoms with Crippen molar-refractivity contribution in [1.82, 2.24) is 19.7 Å². The molecular formula is C16H18N4O3. The summed E-state index contributed by atoms with van der Waals surface area (Å²) in [5.41, 5.74) is 1.64. The smallest absolute Gasteiger partial charge is 0.246 e. The van der Waals surface area contributed by atoms with Crippen molar-refractivity contribution in [1.29, 1.82) is 0 Å². The minimum Gasteiger partial charge on any atom is -0.506 e. The number of hydrogen-bond acceptors (Lipinski definition) is 5. The van der Waals surface area contributed by atoms with Crippen molar-refractivity contribution in [2.24, 2.45) is 7.05 Å². The van der Waals surface area contributed by atoms with Gasteiger partial charge in [0.2, 0.25) is 5.91 Å². The molecule has 0 spiro atoms. The van der Waals surface area contributed by atoms with Gasteiger partial charge < -0.3 is 14.7 Å². The van der Waals surface area contributed by atoms with Crippen molar-refractivity contribution in [3.63, 3.8) is 0 Å². The van der Waals surface area contributed by atoms with Crippen LogP contribution in [0.1, 0.15) is 17.2 Å². The first-order valence-corrected chi connectivity index (χ1v) is 7.33. The minimum atomic E-state index is -0.155. The normalized spacial score (nSPS) is 18.5. The highest BCUT2D eigenvalue weighted by atomic mass is 16.5. The highest BCUT2D eigenvalue weighted by Gasteiger charge is 2.25. The predicted octanol–water partition coefficient (Wildman–Crippen LogP) is 1.13. The zero-order valence-corrected chi connectivity index (χ0v) is 12.8. The second-order valence-electron chi connectivity index (χ2n) is 5.40. The lowest BCUT2D eigenvalue weighted by molar-refractivity contribution is -0.133. The van der Waals surface area contributed by atoms with E-state index >= 15 is 0 Å². The summed E-state index contributed by atoms with van der Waals surface area (Å²) in [5, 5.41) is 13.5. The molecule has 2 aromatic rings. The Morgan fingerprint density at radius 2 is 2.30 bits per heavy atom. The van der Waals surface area contributed by atoms with E-state index in [2.05, 4.69) is 10.1 Å². The molecule has 7 nitrogen and oxygen atoms in total. The lowest BCUT2D eigenvalue weighted by Crippen LogP contribution is -2.41. The Morgan fingerprint density at radius 3 is 3.04 bits per heavy atom. The average Bonchev–Trinajstić information content (AvgIpc) is 2.99. The van der Waals surface area contributed by atoms with Gasteiger partial charge in [-0.2, -0.15) is 5.10 Å². The Labute approximate surface area is 133 Å². The number of carbonyl (C=O) groups is 1. The van der Waals surface area contributed by atoms with Gasteiger partial charge in [0, 0.05) is 37.6 Å². The second kappa shape index (κ2) is 6.62. The van der Waals surface area contributed by atoms with Gasteiger partial charge in [0.1, 0.15) is 11.9 Å². The third-order valence-electron chi connectivity index (χ3n) is 3.64. The molecule has 1 aliphatic rings. The molecule has 0 saturated carbocycles. The second-order valence-corrected chi connectivity index (χ2v) is 5.40. The number of aryl methyl sites for hydroxylation is 1. The number of hydrogen-bond donors (Lipinski definition) is 1. The van der Waals surface area contributed by atoms with Crippen LogP contribution in [0.2, 0.25) is 0 Å².